The third-order valence-corrected chi connectivity index (χ3v) is 3.13. The average molecular weight is 204 g/mol. The zero-order valence-electron chi connectivity index (χ0n) is 7.93. The Hall–Kier alpha value is -0.710. The topological polar surface area (TPSA) is 46.3 Å². The lowest BCUT2D eigenvalue weighted by Crippen LogP contribution is -2.59. The van der Waals surface area contributed by atoms with E-state index >= 15 is 0 Å². The molecule has 0 aromatic heterocycles. The molecule has 1 aliphatic heterocycles. The van der Waals surface area contributed by atoms with E-state index in [-0.39, 0.29) is 18.9 Å². The first-order chi connectivity index (χ1) is 6.43. The van der Waals surface area contributed by atoms with Crippen LogP contribution in [0.1, 0.15) is 25.7 Å². The summed E-state index contributed by atoms with van der Waals surface area (Å²) in [5, 5.41) is 0. The van der Waals surface area contributed by atoms with Crippen molar-refractivity contribution in [2.75, 3.05) is 13.1 Å². The highest BCUT2D eigenvalue weighted by molar-refractivity contribution is 5.87. The number of carbonyl (C=O) groups excluding carboxylic acids is 1. The molecular weight excluding hydrogens is 190 g/mol. The van der Waals surface area contributed by atoms with Gasteiger partial charge in [-0.2, -0.15) is 0 Å². The van der Waals surface area contributed by atoms with E-state index in [0.29, 0.717) is 12.8 Å². The summed E-state index contributed by atoms with van der Waals surface area (Å²) in [4.78, 5) is 12.9. The molecule has 2 fully saturated rings. The number of hydrogen-bond donors (Lipinski definition) is 1. The third-order valence-electron chi connectivity index (χ3n) is 3.13. The van der Waals surface area contributed by atoms with Crippen molar-refractivity contribution in [2.45, 2.75) is 37.1 Å². The Morgan fingerprint density at radius 2 is 1.93 bits per heavy atom. The Morgan fingerprint density at radius 3 is 2.29 bits per heavy atom. The summed E-state index contributed by atoms with van der Waals surface area (Å²) in [6.07, 6.45) is 1.96. The molecule has 0 radical (unpaired) electrons. The number of carbonyl (C=O) groups is 1. The maximum atomic E-state index is 12.8. The molecule has 80 valence electrons. The number of halogens is 2. The van der Waals surface area contributed by atoms with Crippen LogP contribution in [0.3, 0.4) is 0 Å². The van der Waals surface area contributed by atoms with Gasteiger partial charge in [0.15, 0.2) is 0 Å². The van der Waals surface area contributed by atoms with E-state index in [4.69, 9.17) is 5.73 Å². The van der Waals surface area contributed by atoms with Gasteiger partial charge < -0.3 is 10.6 Å². The van der Waals surface area contributed by atoms with Crippen molar-refractivity contribution in [2.24, 2.45) is 5.73 Å². The molecule has 1 amide bonds. The first-order valence-electron chi connectivity index (χ1n) is 4.89. The third kappa shape index (κ3) is 1.49. The molecule has 0 aromatic carbocycles. The molecule has 0 spiro atoms. The molecule has 2 rings (SSSR count). The van der Waals surface area contributed by atoms with Gasteiger partial charge in [-0.3, -0.25) is 4.79 Å². The molecule has 0 aromatic rings. The van der Waals surface area contributed by atoms with E-state index in [1.54, 1.807) is 0 Å². The largest absolute Gasteiger partial charge is 0.335 e. The Bertz CT molecular complexity index is 264. The van der Waals surface area contributed by atoms with Gasteiger partial charge in [0.2, 0.25) is 5.91 Å². The lowest BCUT2D eigenvalue weighted by molar-refractivity contribution is -0.140. The number of nitrogens with zero attached hydrogens (tertiary/aromatic N) is 1. The van der Waals surface area contributed by atoms with Gasteiger partial charge in [-0.15, -0.1) is 0 Å². The summed E-state index contributed by atoms with van der Waals surface area (Å²) in [6.45, 7) is -0.310. The van der Waals surface area contributed by atoms with Crippen LogP contribution in [0.15, 0.2) is 0 Å². The van der Waals surface area contributed by atoms with Crippen LogP contribution >= 0.6 is 0 Å². The van der Waals surface area contributed by atoms with E-state index in [1.807, 2.05) is 0 Å². The van der Waals surface area contributed by atoms with Gasteiger partial charge in [0.05, 0.1) is 12.1 Å². The molecular formula is C9H14F2N2O. The van der Waals surface area contributed by atoms with Crippen LogP contribution in [0, 0.1) is 0 Å². The SMILES string of the molecule is NC1(C(=O)N2CCC(F)(F)C2)CCC1. The summed E-state index contributed by atoms with van der Waals surface area (Å²) >= 11 is 0. The predicted molar refractivity (Wildman–Crippen MR) is 46.9 cm³/mol. The molecule has 3 nitrogen and oxygen atoms in total. The molecule has 0 bridgehead atoms. The molecule has 5 heteroatoms. The molecule has 1 aliphatic carbocycles. The van der Waals surface area contributed by atoms with Crippen molar-refractivity contribution in [3.63, 3.8) is 0 Å². The van der Waals surface area contributed by atoms with Gasteiger partial charge in [0.25, 0.3) is 5.92 Å². The molecule has 2 N–H and O–H groups in total. The number of alkyl halides is 2. The standard InChI is InChI=1S/C9H14F2N2O/c10-9(11)4-5-13(6-9)7(14)8(12)2-1-3-8/h1-6,12H2. The fraction of sp³-hybridized carbons (Fsp3) is 0.889. The van der Waals surface area contributed by atoms with Gasteiger partial charge in [0.1, 0.15) is 0 Å². The van der Waals surface area contributed by atoms with Crippen LogP contribution in [-0.2, 0) is 4.79 Å². The number of hydrogen-bond acceptors (Lipinski definition) is 2. The van der Waals surface area contributed by atoms with Gasteiger partial charge in [-0.25, -0.2) is 8.78 Å². The van der Waals surface area contributed by atoms with Crippen molar-refractivity contribution in [1.82, 2.24) is 4.90 Å². The number of likely N-dealkylation sites (tertiary alicyclic amines) is 1. The highest BCUT2D eigenvalue weighted by Gasteiger charge is 2.48. The number of nitrogens with two attached hydrogens (primary N) is 1. The van der Waals surface area contributed by atoms with E-state index < -0.39 is 18.0 Å². The van der Waals surface area contributed by atoms with E-state index in [1.165, 1.54) is 4.90 Å². The first kappa shape index (κ1) is 9.83. The van der Waals surface area contributed by atoms with Crippen molar-refractivity contribution < 1.29 is 13.6 Å². The van der Waals surface area contributed by atoms with Crippen molar-refractivity contribution in [3.05, 3.63) is 0 Å². The minimum absolute atomic E-state index is 0.144. The van der Waals surface area contributed by atoms with Crippen LogP contribution in [0.2, 0.25) is 0 Å². The Labute approximate surface area is 81.2 Å². The summed E-state index contributed by atoms with van der Waals surface area (Å²) in [6, 6.07) is 0. The lowest BCUT2D eigenvalue weighted by Gasteiger charge is -2.39. The average Bonchev–Trinajstić information content (AvgIpc) is 2.40. The second-order valence-corrected chi connectivity index (χ2v) is 4.34. The van der Waals surface area contributed by atoms with Crippen LogP contribution in [0.4, 0.5) is 8.78 Å². The van der Waals surface area contributed by atoms with Crippen LogP contribution in [0.5, 0.6) is 0 Å². The van der Waals surface area contributed by atoms with Gasteiger partial charge in [-0.05, 0) is 19.3 Å². The van der Waals surface area contributed by atoms with E-state index in [2.05, 4.69) is 0 Å². The molecule has 0 unspecified atom stereocenters. The highest BCUT2D eigenvalue weighted by atomic mass is 19.3. The summed E-state index contributed by atoms with van der Waals surface area (Å²) < 4.78 is 25.7. The Kier molecular flexibility index (Phi) is 2.03. The van der Waals surface area contributed by atoms with Crippen LogP contribution < -0.4 is 5.73 Å². The van der Waals surface area contributed by atoms with Crippen molar-refractivity contribution >= 4 is 5.91 Å². The molecule has 1 heterocycles. The Balaban J connectivity index is 2.00. The summed E-state index contributed by atoms with van der Waals surface area (Å²) in [7, 11) is 0. The fourth-order valence-electron chi connectivity index (χ4n) is 2.00. The lowest BCUT2D eigenvalue weighted by atomic mass is 9.76. The predicted octanol–water partition coefficient (Wildman–Crippen LogP) is 0.735. The van der Waals surface area contributed by atoms with E-state index in [0.717, 1.165) is 6.42 Å². The zero-order valence-corrected chi connectivity index (χ0v) is 7.93. The maximum absolute atomic E-state index is 12.8. The molecule has 1 saturated heterocycles. The van der Waals surface area contributed by atoms with Crippen molar-refractivity contribution in [3.8, 4) is 0 Å². The van der Waals surface area contributed by atoms with Gasteiger partial charge in [0, 0.05) is 13.0 Å². The smallest absolute Gasteiger partial charge is 0.267 e. The normalized spacial score (nSPS) is 28.6. The summed E-state index contributed by atoms with van der Waals surface area (Å²) in [5.41, 5.74) is 4.95. The molecule has 1 saturated carbocycles. The maximum Gasteiger partial charge on any atom is 0.267 e. The summed E-state index contributed by atoms with van der Waals surface area (Å²) in [5.74, 6) is -3.00. The van der Waals surface area contributed by atoms with Gasteiger partial charge in [-0.1, -0.05) is 0 Å². The second-order valence-electron chi connectivity index (χ2n) is 4.34. The minimum atomic E-state index is -2.71. The zero-order chi connectivity index (χ0) is 10.4. The minimum Gasteiger partial charge on any atom is -0.335 e. The molecule has 14 heavy (non-hydrogen) atoms. The van der Waals surface area contributed by atoms with E-state index in [9.17, 15) is 13.6 Å². The quantitative estimate of drug-likeness (QED) is 0.684. The monoisotopic (exact) mass is 204 g/mol. The fourth-order valence-corrected chi connectivity index (χ4v) is 2.00. The molecule has 0 atom stereocenters. The Morgan fingerprint density at radius 1 is 1.29 bits per heavy atom. The van der Waals surface area contributed by atoms with Gasteiger partial charge >= 0.3 is 0 Å². The first-order valence-corrected chi connectivity index (χ1v) is 4.89. The molecule has 2 aliphatic rings. The number of amides is 1. The second kappa shape index (κ2) is 2.89. The van der Waals surface area contributed by atoms with Crippen LogP contribution in [-0.4, -0.2) is 35.4 Å². The van der Waals surface area contributed by atoms with Crippen LogP contribution in [0.25, 0.3) is 0 Å². The highest BCUT2D eigenvalue weighted by Crippen LogP contribution is 2.34. The van der Waals surface area contributed by atoms with Crippen molar-refractivity contribution in [1.29, 1.82) is 0 Å². The number of rotatable bonds is 1.